The molecule has 1 heterocycles. The van der Waals surface area contributed by atoms with Crippen LogP contribution in [-0.2, 0) is 0 Å². The number of hydrogen-bond donors (Lipinski definition) is 0. The van der Waals surface area contributed by atoms with Crippen molar-refractivity contribution in [3.05, 3.63) is 45.6 Å². The van der Waals surface area contributed by atoms with E-state index in [1.165, 1.54) is 4.90 Å². The molecule has 0 saturated carbocycles. The number of benzene rings is 1. The summed E-state index contributed by atoms with van der Waals surface area (Å²) in [5.74, 6) is -0.448. The Balaban J connectivity index is 2.52. The van der Waals surface area contributed by atoms with E-state index in [2.05, 4.69) is 15.9 Å². The van der Waals surface area contributed by atoms with Gasteiger partial charge >= 0.3 is 0 Å². The molecule has 0 N–H and O–H groups in total. The Morgan fingerprint density at radius 3 is 1.94 bits per heavy atom. The topological polar surface area (TPSA) is 37.4 Å². The lowest BCUT2D eigenvalue weighted by molar-refractivity contribution is 0.0699. The number of allylic oxidation sites excluding steroid dienone is 2. The highest BCUT2D eigenvalue weighted by molar-refractivity contribution is 9.11. The molecule has 1 aromatic rings. The third kappa shape index (κ3) is 1.90. The molecule has 4 heteroatoms. The molecule has 0 saturated heterocycles. The Kier molecular flexibility index (Phi) is 3.66. The van der Waals surface area contributed by atoms with Gasteiger partial charge in [0.05, 0.1) is 11.1 Å². The van der Waals surface area contributed by atoms with Crippen LogP contribution in [0.5, 0.6) is 0 Å². The summed E-state index contributed by atoms with van der Waals surface area (Å²) in [5.41, 5.74) is 1.73. The monoisotopic (exact) mass is 307 g/mol. The van der Waals surface area contributed by atoms with E-state index in [0.717, 1.165) is 16.6 Å². The van der Waals surface area contributed by atoms with E-state index in [4.69, 9.17) is 0 Å². The first-order valence-electron chi connectivity index (χ1n) is 5.97. The molecular weight excluding hydrogens is 294 g/mol. The second kappa shape index (κ2) is 5.06. The zero-order chi connectivity index (χ0) is 13.3. The molecule has 94 valence electrons. The third-order valence-electron chi connectivity index (χ3n) is 3.02. The van der Waals surface area contributed by atoms with Crippen LogP contribution in [0.4, 0.5) is 0 Å². The first-order valence-corrected chi connectivity index (χ1v) is 6.76. The minimum Gasteiger partial charge on any atom is -0.268 e. The van der Waals surface area contributed by atoms with Crippen molar-refractivity contribution in [2.75, 3.05) is 0 Å². The Morgan fingerprint density at radius 2 is 1.56 bits per heavy atom. The summed E-state index contributed by atoms with van der Waals surface area (Å²) < 4.78 is 0.902. The lowest BCUT2D eigenvalue weighted by Gasteiger charge is -2.18. The third-order valence-corrected chi connectivity index (χ3v) is 4.04. The molecule has 1 aromatic carbocycles. The van der Waals surface area contributed by atoms with Crippen molar-refractivity contribution in [1.82, 2.24) is 4.90 Å². The zero-order valence-corrected chi connectivity index (χ0v) is 12.0. The van der Waals surface area contributed by atoms with Gasteiger partial charge in [-0.25, -0.2) is 4.90 Å². The molecule has 0 bridgehead atoms. The van der Waals surface area contributed by atoms with Crippen LogP contribution in [0.1, 0.15) is 47.4 Å². The van der Waals surface area contributed by atoms with Crippen LogP contribution in [0.15, 0.2) is 34.4 Å². The highest BCUT2D eigenvalue weighted by atomic mass is 79.9. The molecule has 3 nitrogen and oxygen atoms in total. The van der Waals surface area contributed by atoms with Crippen molar-refractivity contribution in [3.63, 3.8) is 0 Å². The molecule has 0 atom stereocenters. The van der Waals surface area contributed by atoms with Gasteiger partial charge in [0.2, 0.25) is 0 Å². The van der Waals surface area contributed by atoms with E-state index in [1.54, 1.807) is 24.3 Å². The fourth-order valence-electron chi connectivity index (χ4n) is 2.11. The van der Waals surface area contributed by atoms with Gasteiger partial charge in [-0.05, 0) is 25.0 Å². The predicted molar refractivity (Wildman–Crippen MR) is 73.5 cm³/mol. The van der Waals surface area contributed by atoms with Gasteiger partial charge in [-0.3, -0.25) is 9.59 Å². The van der Waals surface area contributed by atoms with E-state index < -0.39 is 0 Å². The molecule has 1 aliphatic heterocycles. The van der Waals surface area contributed by atoms with Crippen LogP contribution in [0.25, 0.3) is 0 Å². The first-order chi connectivity index (χ1) is 8.61. The number of hydrogen-bond acceptors (Lipinski definition) is 2. The minimum atomic E-state index is -0.224. The largest absolute Gasteiger partial charge is 0.268 e. The van der Waals surface area contributed by atoms with Crippen molar-refractivity contribution in [2.24, 2.45) is 0 Å². The summed E-state index contributed by atoms with van der Waals surface area (Å²) in [7, 11) is 0. The second-order valence-electron chi connectivity index (χ2n) is 4.05. The average Bonchev–Trinajstić information content (AvgIpc) is 2.65. The normalized spacial score (nSPS) is 15.8. The maximum Gasteiger partial charge on any atom is 0.265 e. The molecule has 1 aliphatic rings. The van der Waals surface area contributed by atoms with Crippen molar-refractivity contribution in [2.45, 2.75) is 26.7 Å². The van der Waals surface area contributed by atoms with Crippen LogP contribution in [0.3, 0.4) is 0 Å². The fourth-order valence-corrected chi connectivity index (χ4v) is 2.57. The number of rotatable bonds is 3. The molecule has 2 amide bonds. The molecular formula is C14H14BrNO2. The molecule has 0 aromatic heterocycles. The van der Waals surface area contributed by atoms with Crippen LogP contribution < -0.4 is 0 Å². The van der Waals surface area contributed by atoms with Gasteiger partial charge in [-0.2, -0.15) is 0 Å². The lowest BCUT2D eigenvalue weighted by atomic mass is 10.1. The number of imide groups is 1. The van der Waals surface area contributed by atoms with Crippen LogP contribution in [0.2, 0.25) is 0 Å². The lowest BCUT2D eigenvalue weighted by Crippen LogP contribution is -2.29. The number of halogens is 1. The highest BCUT2D eigenvalue weighted by Crippen LogP contribution is 2.31. The molecule has 0 radical (unpaired) electrons. The Morgan fingerprint density at radius 1 is 1.06 bits per heavy atom. The van der Waals surface area contributed by atoms with E-state index in [1.807, 2.05) is 13.8 Å². The maximum atomic E-state index is 12.3. The van der Waals surface area contributed by atoms with Crippen LogP contribution >= 0.6 is 15.9 Å². The van der Waals surface area contributed by atoms with Gasteiger partial charge in [0.25, 0.3) is 11.8 Å². The number of carbonyl (C=O) groups excluding carboxylic acids is 2. The summed E-state index contributed by atoms with van der Waals surface area (Å²) >= 11 is 3.45. The van der Waals surface area contributed by atoms with Gasteiger partial charge in [-0.15, -0.1) is 0 Å². The van der Waals surface area contributed by atoms with Gasteiger partial charge in [0, 0.05) is 10.2 Å². The Hall–Kier alpha value is -1.42. The van der Waals surface area contributed by atoms with Gasteiger partial charge in [-0.1, -0.05) is 41.9 Å². The molecule has 2 rings (SSSR count). The van der Waals surface area contributed by atoms with Crippen LogP contribution in [-0.4, -0.2) is 16.7 Å². The summed E-state index contributed by atoms with van der Waals surface area (Å²) in [6, 6.07) is 6.95. The molecule has 0 fully saturated rings. The van der Waals surface area contributed by atoms with Gasteiger partial charge in [0.1, 0.15) is 0 Å². The summed E-state index contributed by atoms with van der Waals surface area (Å²) in [4.78, 5) is 25.8. The minimum absolute atomic E-state index is 0.224. The number of carbonyl (C=O) groups is 2. The maximum absolute atomic E-state index is 12.3. The smallest absolute Gasteiger partial charge is 0.265 e. The SMILES string of the molecule is CC/C(Br)=C(/CC)N1C(=O)c2ccccc2C1=O. The molecule has 0 unspecified atom stereocenters. The Labute approximate surface area is 115 Å². The summed E-state index contributed by atoms with van der Waals surface area (Å²) in [6.07, 6.45) is 1.40. The molecule has 18 heavy (non-hydrogen) atoms. The first kappa shape index (κ1) is 13.0. The van der Waals surface area contributed by atoms with Crippen molar-refractivity contribution in [1.29, 1.82) is 0 Å². The molecule has 0 spiro atoms. The summed E-state index contributed by atoms with van der Waals surface area (Å²) in [5, 5.41) is 0. The zero-order valence-electron chi connectivity index (χ0n) is 10.4. The van der Waals surface area contributed by atoms with Gasteiger partial charge < -0.3 is 0 Å². The standard InChI is InChI=1S/C14H14BrNO2/c1-3-11(15)12(4-2)16-13(17)9-7-5-6-8-10(9)14(16)18/h5-8H,3-4H2,1-2H3/b12-11+. The van der Waals surface area contributed by atoms with Crippen molar-refractivity contribution < 1.29 is 9.59 Å². The van der Waals surface area contributed by atoms with E-state index in [-0.39, 0.29) is 11.8 Å². The number of fused-ring (bicyclic) bond motifs is 1. The van der Waals surface area contributed by atoms with Crippen LogP contribution in [0, 0.1) is 0 Å². The van der Waals surface area contributed by atoms with Crippen molar-refractivity contribution >= 4 is 27.7 Å². The van der Waals surface area contributed by atoms with E-state index in [9.17, 15) is 9.59 Å². The number of nitrogens with zero attached hydrogens (tertiary/aromatic N) is 1. The average molecular weight is 308 g/mol. The highest BCUT2D eigenvalue weighted by Gasteiger charge is 2.37. The fraction of sp³-hybridized carbons (Fsp3) is 0.286. The molecule has 0 aliphatic carbocycles. The van der Waals surface area contributed by atoms with Crippen molar-refractivity contribution in [3.8, 4) is 0 Å². The number of amides is 2. The van der Waals surface area contributed by atoms with Gasteiger partial charge in [0.15, 0.2) is 0 Å². The van der Waals surface area contributed by atoms with E-state index in [0.29, 0.717) is 17.5 Å². The van der Waals surface area contributed by atoms with E-state index >= 15 is 0 Å². The predicted octanol–water partition coefficient (Wildman–Crippen LogP) is 3.71. The summed E-state index contributed by atoms with van der Waals surface area (Å²) in [6.45, 7) is 3.92. The Bertz CT molecular complexity index is 513. The quantitative estimate of drug-likeness (QED) is 0.798. The second-order valence-corrected chi connectivity index (χ2v) is 5.01.